The fraction of sp³-hybridized carbons (Fsp3) is 0.700. The minimum Gasteiger partial charge on any atom is -0.463 e. The van der Waals surface area contributed by atoms with E-state index in [2.05, 4.69) is 36.2 Å². The van der Waals surface area contributed by atoms with Crippen LogP contribution in [0.5, 0.6) is 0 Å². The maximum Gasteiger partial charge on any atom is 0.315 e. The van der Waals surface area contributed by atoms with Crippen molar-refractivity contribution in [2.24, 2.45) is 0 Å². The Morgan fingerprint density at radius 1 is 0.896 bits per heavy atom. The highest BCUT2D eigenvalue weighted by molar-refractivity contribution is 8.00. The van der Waals surface area contributed by atoms with E-state index in [4.69, 9.17) is 19.9 Å². The number of aromatic nitrogens is 4. The highest BCUT2D eigenvalue weighted by Crippen LogP contribution is 2.36. The van der Waals surface area contributed by atoms with Crippen LogP contribution in [0.4, 0.5) is 15.4 Å². The number of fused-ring (bicyclic) bond motifs is 3. The molecule has 5 saturated heterocycles. The van der Waals surface area contributed by atoms with Gasteiger partial charge in [0.05, 0.1) is 36.6 Å². The Morgan fingerprint density at radius 3 is 2.21 bits per heavy atom. The molecule has 0 spiro atoms. The van der Waals surface area contributed by atoms with E-state index in [9.17, 15) is 19.2 Å². The normalized spacial score (nSPS) is 32.0. The lowest BCUT2D eigenvalue weighted by Crippen LogP contribution is -2.36. The summed E-state index contributed by atoms with van der Waals surface area (Å²) >= 11 is 3.71. The number of thioether (sulfide) groups is 2. The van der Waals surface area contributed by atoms with E-state index in [1.807, 2.05) is 23.5 Å². The van der Waals surface area contributed by atoms with Crippen molar-refractivity contribution in [1.82, 2.24) is 40.8 Å². The van der Waals surface area contributed by atoms with Crippen LogP contribution in [0, 0.1) is 0 Å². The average Bonchev–Trinajstić information content (AvgIpc) is 3.90. The maximum atomic E-state index is 13.0. The number of carbonyl (C=O) groups is 4. The van der Waals surface area contributed by atoms with Crippen LogP contribution < -0.4 is 27.0 Å². The number of imidazole rings is 1. The van der Waals surface area contributed by atoms with Crippen molar-refractivity contribution < 1.29 is 33.4 Å². The Balaban J connectivity index is 0.882. The van der Waals surface area contributed by atoms with Gasteiger partial charge in [-0.2, -0.15) is 23.5 Å². The largest absolute Gasteiger partial charge is 0.463 e. The molecule has 9 atom stereocenters. The van der Waals surface area contributed by atoms with Gasteiger partial charge >= 0.3 is 24.0 Å². The van der Waals surface area contributed by atoms with Gasteiger partial charge in [-0.15, -0.1) is 0 Å². The van der Waals surface area contributed by atoms with Gasteiger partial charge in [0, 0.05) is 41.3 Å². The third kappa shape index (κ3) is 7.24. The standard InChI is InChI=1S/C30H41N9O7S2/c31-26-25-27(33-13-32-26)39(14-34-25)28-18(46-22(41)8-4-2-6-20-24-17(12-48-20)36-30(43)38-24)9-15(45-28)10-44-21(40)7-3-1-5-19-23-16(11-47-19)35-29(42)37-23/h13-20,23-24,28H,1-12H2,(H2,31,32,33)(H2,35,37,42)(H2,36,38,43)/t15-,16-,17-,18-,19-,20-,23-,24-,28+/m0/s1. The van der Waals surface area contributed by atoms with Crippen LogP contribution in [0.15, 0.2) is 12.7 Å². The number of unbranched alkanes of at least 4 members (excludes halogenated alkanes) is 2. The van der Waals surface area contributed by atoms with E-state index in [0.717, 1.165) is 37.2 Å². The lowest BCUT2D eigenvalue weighted by atomic mass is 10.0. The van der Waals surface area contributed by atoms with Gasteiger partial charge < -0.3 is 41.2 Å². The van der Waals surface area contributed by atoms with E-state index in [1.54, 1.807) is 4.57 Å². The van der Waals surface area contributed by atoms with Gasteiger partial charge in [0.25, 0.3) is 0 Å². The van der Waals surface area contributed by atoms with E-state index < -0.39 is 18.4 Å². The third-order valence-corrected chi connectivity index (χ3v) is 12.7. The monoisotopic (exact) mass is 703 g/mol. The number of nitrogen functional groups attached to an aromatic ring is 1. The van der Waals surface area contributed by atoms with E-state index in [0.29, 0.717) is 40.9 Å². The van der Waals surface area contributed by atoms with Gasteiger partial charge in [-0.05, 0) is 25.7 Å². The van der Waals surface area contributed by atoms with Crippen molar-refractivity contribution in [2.45, 2.75) is 111 Å². The first-order chi connectivity index (χ1) is 23.3. The Labute approximate surface area is 285 Å². The number of urea groups is 2. The molecule has 0 bridgehead atoms. The molecule has 5 aliphatic heterocycles. The highest BCUT2D eigenvalue weighted by atomic mass is 32.2. The summed E-state index contributed by atoms with van der Waals surface area (Å²) in [6.07, 6.45) is 6.75. The Hall–Kier alpha value is -3.51. The zero-order chi connectivity index (χ0) is 33.2. The number of nitrogens with zero attached hydrogens (tertiary/aromatic N) is 4. The first-order valence-electron chi connectivity index (χ1n) is 16.6. The number of carbonyl (C=O) groups excluding carboxylic acids is 4. The van der Waals surface area contributed by atoms with E-state index in [1.165, 1.54) is 12.7 Å². The molecule has 0 unspecified atom stereocenters. The van der Waals surface area contributed by atoms with Crippen LogP contribution in [0.25, 0.3) is 11.2 Å². The Bertz CT molecular complexity index is 1530. The van der Waals surface area contributed by atoms with Gasteiger partial charge in [0.1, 0.15) is 24.6 Å². The molecule has 48 heavy (non-hydrogen) atoms. The third-order valence-electron chi connectivity index (χ3n) is 9.63. The number of hydrogen-bond acceptors (Lipinski definition) is 13. The smallest absolute Gasteiger partial charge is 0.315 e. The molecule has 7 rings (SSSR count). The second-order valence-electron chi connectivity index (χ2n) is 12.9. The zero-order valence-corrected chi connectivity index (χ0v) is 28.0. The number of nitrogens with two attached hydrogens (primary N) is 1. The molecule has 0 saturated carbocycles. The number of nitrogens with one attached hydrogen (secondary N) is 4. The Kier molecular flexibility index (Phi) is 10.00. The van der Waals surface area contributed by atoms with E-state index >= 15 is 0 Å². The first kappa shape index (κ1) is 33.0. The Morgan fingerprint density at radius 2 is 1.54 bits per heavy atom. The summed E-state index contributed by atoms with van der Waals surface area (Å²) in [4.78, 5) is 61.6. The van der Waals surface area contributed by atoms with Gasteiger partial charge in [0.15, 0.2) is 17.7 Å². The fourth-order valence-electron chi connectivity index (χ4n) is 7.23. The lowest BCUT2D eigenvalue weighted by molar-refractivity contribution is -0.155. The predicted octanol–water partition coefficient (Wildman–Crippen LogP) is 1.60. The van der Waals surface area contributed by atoms with Crippen LogP contribution in [-0.2, 0) is 23.8 Å². The molecule has 18 heteroatoms. The van der Waals surface area contributed by atoms with Crippen molar-refractivity contribution in [3.05, 3.63) is 12.7 Å². The van der Waals surface area contributed by atoms with Crippen LogP contribution in [0.1, 0.15) is 64.0 Å². The zero-order valence-electron chi connectivity index (χ0n) is 26.4. The molecule has 16 nitrogen and oxygen atoms in total. The van der Waals surface area contributed by atoms with Gasteiger partial charge in [0.2, 0.25) is 0 Å². The molecule has 2 aromatic rings. The molecule has 260 valence electrons. The minimum atomic E-state index is -0.736. The van der Waals surface area contributed by atoms with Crippen molar-refractivity contribution >= 4 is 64.5 Å². The summed E-state index contributed by atoms with van der Waals surface area (Å²) in [5.41, 5.74) is 6.86. The molecule has 6 N–H and O–H groups in total. The average molecular weight is 704 g/mol. The molecule has 0 aromatic carbocycles. The molecule has 5 aliphatic rings. The molecule has 5 fully saturated rings. The van der Waals surface area contributed by atoms with Gasteiger partial charge in [-0.25, -0.2) is 24.5 Å². The molecule has 2 aromatic heterocycles. The number of esters is 2. The SMILES string of the molecule is Nc1ncnc2c1ncn2[C@@H]1O[C@H](COC(=O)CCCC[C@@H]2SC[C@@H]3NC(=O)N[C@@H]32)C[C@@H]1OC(=O)CCCC[C@@H]1SC[C@@H]2NC(=O)N[C@@H]21. The fourth-order valence-corrected chi connectivity index (χ4v) is 10.3. The minimum absolute atomic E-state index is 0.0275. The quantitative estimate of drug-likeness (QED) is 0.108. The molecular formula is C30H41N9O7S2. The maximum absolute atomic E-state index is 13.0. The highest BCUT2D eigenvalue weighted by Gasteiger charge is 2.44. The summed E-state index contributed by atoms with van der Waals surface area (Å²) in [5.74, 6) is 1.39. The van der Waals surface area contributed by atoms with Gasteiger partial charge in [-0.3, -0.25) is 14.2 Å². The molecule has 0 radical (unpaired) electrons. The topological polar surface area (TPSA) is 214 Å². The summed E-state index contributed by atoms with van der Waals surface area (Å²) in [6, 6.07) is 0.447. The summed E-state index contributed by atoms with van der Waals surface area (Å²) in [6.45, 7) is 0.0275. The van der Waals surface area contributed by atoms with Crippen LogP contribution >= 0.6 is 23.5 Å². The molecular weight excluding hydrogens is 663 g/mol. The van der Waals surface area contributed by atoms with Crippen molar-refractivity contribution in [2.75, 3.05) is 23.8 Å². The number of hydrogen-bond donors (Lipinski definition) is 5. The number of amides is 4. The molecule has 7 heterocycles. The summed E-state index contributed by atoms with van der Waals surface area (Å²) < 4.78 is 19.5. The second-order valence-corrected chi connectivity index (χ2v) is 15.5. The van der Waals surface area contributed by atoms with Crippen molar-refractivity contribution in [3.8, 4) is 0 Å². The lowest BCUT2D eigenvalue weighted by Gasteiger charge is -2.21. The van der Waals surface area contributed by atoms with Crippen molar-refractivity contribution in [3.63, 3.8) is 0 Å². The van der Waals surface area contributed by atoms with Crippen molar-refractivity contribution in [1.29, 1.82) is 0 Å². The van der Waals surface area contributed by atoms with Gasteiger partial charge in [-0.1, -0.05) is 12.8 Å². The first-order valence-corrected chi connectivity index (χ1v) is 18.7. The molecule has 4 amide bonds. The number of rotatable bonds is 14. The number of anilines is 1. The summed E-state index contributed by atoms with van der Waals surface area (Å²) in [5, 5.41) is 12.6. The molecule has 0 aliphatic carbocycles. The predicted molar refractivity (Wildman–Crippen MR) is 177 cm³/mol. The number of ether oxygens (including phenoxy) is 3. The van der Waals surface area contributed by atoms with E-state index in [-0.39, 0.29) is 73.4 Å². The summed E-state index contributed by atoms with van der Waals surface area (Å²) in [7, 11) is 0. The van der Waals surface area contributed by atoms with Crippen LogP contribution in [-0.4, -0.2) is 109 Å². The van der Waals surface area contributed by atoms with Crippen LogP contribution in [0.3, 0.4) is 0 Å². The van der Waals surface area contributed by atoms with Crippen LogP contribution in [0.2, 0.25) is 0 Å². The second kappa shape index (κ2) is 14.5.